The Morgan fingerprint density at radius 2 is 1.89 bits per heavy atom. The Bertz CT molecular complexity index is 480. The lowest BCUT2D eigenvalue weighted by Gasteiger charge is -2.12. The van der Waals surface area contributed by atoms with Crippen LogP contribution in [0.4, 0.5) is 5.69 Å². The Morgan fingerprint density at radius 3 is 2.37 bits per heavy atom. The van der Waals surface area contributed by atoms with Crippen LogP contribution in [0.25, 0.3) is 0 Å². The van der Waals surface area contributed by atoms with Crippen LogP contribution in [0.5, 0.6) is 0 Å². The topological polar surface area (TPSA) is 44.4 Å². The number of hydrogen-bond donors (Lipinski definition) is 2. The van der Waals surface area contributed by atoms with Gasteiger partial charge in [0.25, 0.3) is 5.91 Å². The largest absolute Gasteiger partial charge is 0.359 e. The molecule has 4 nitrogen and oxygen atoms in total. The van der Waals surface area contributed by atoms with E-state index in [1.165, 1.54) is 0 Å². The van der Waals surface area contributed by atoms with Crippen molar-refractivity contribution in [3.8, 4) is 0 Å². The highest BCUT2D eigenvalue weighted by Gasteiger charge is 2.07. The van der Waals surface area contributed by atoms with Gasteiger partial charge in [0.2, 0.25) is 0 Å². The van der Waals surface area contributed by atoms with Crippen LogP contribution in [0, 0.1) is 0 Å². The number of carbonyl (C=O) groups excluding carboxylic acids is 1. The van der Waals surface area contributed by atoms with Crippen LogP contribution in [0.15, 0.2) is 36.4 Å². The summed E-state index contributed by atoms with van der Waals surface area (Å²) < 4.78 is 0. The first-order valence-corrected chi connectivity index (χ1v) is 6.32. The molecule has 5 heteroatoms. The summed E-state index contributed by atoms with van der Waals surface area (Å²) in [7, 11) is 3.45. The van der Waals surface area contributed by atoms with Crippen LogP contribution in [-0.2, 0) is 0 Å². The van der Waals surface area contributed by atoms with Crippen LogP contribution < -0.4 is 10.6 Å². The number of nitrogens with one attached hydrogen (secondary N) is 2. The first kappa shape index (κ1) is 15.2. The second kappa shape index (κ2) is 6.89. The predicted octanol–water partition coefficient (Wildman–Crippen LogP) is 2.25. The fourth-order valence-corrected chi connectivity index (χ4v) is 1.55. The van der Waals surface area contributed by atoms with Crippen molar-refractivity contribution in [1.82, 2.24) is 10.2 Å². The molecule has 1 aromatic rings. The lowest BCUT2D eigenvalue weighted by atomic mass is 10.2. The van der Waals surface area contributed by atoms with Crippen LogP contribution in [-0.4, -0.2) is 36.6 Å². The average molecular weight is 277 g/mol. The lowest BCUT2D eigenvalue weighted by Crippen LogP contribution is -2.29. The van der Waals surface area contributed by atoms with Gasteiger partial charge in [-0.05, 0) is 43.4 Å². The SMILES string of the molecule is C=C(C)CNC(=S)Nc1ccc(C(=O)N(C)C)cc1. The number of amides is 1. The Kier molecular flexibility index (Phi) is 5.51. The first-order chi connectivity index (χ1) is 8.90. The number of benzene rings is 1. The maximum Gasteiger partial charge on any atom is 0.253 e. The van der Waals surface area contributed by atoms with Crippen molar-refractivity contribution >= 4 is 28.9 Å². The molecule has 0 spiro atoms. The minimum absolute atomic E-state index is 0.0190. The van der Waals surface area contributed by atoms with E-state index < -0.39 is 0 Å². The van der Waals surface area contributed by atoms with Gasteiger partial charge in [0.1, 0.15) is 0 Å². The maximum absolute atomic E-state index is 11.7. The molecule has 1 amide bonds. The number of rotatable bonds is 4. The van der Waals surface area contributed by atoms with E-state index >= 15 is 0 Å². The van der Waals surface area contributed by atoms with E-state index in [0.29, 0.717) is 17.2 Å². The van der Waals surface area contributed by atoms with Crippen molar-refractivity contribution in [3.63, 3.8) is 0 Å². The van der Waals surface area contributed by atoms with E-state index in [0.717, 1.165) is 11.3 Å². The molecule has 0 bridgehead atoms. The third kappa shape index (κ3) is 5.09. The second-order valence-corrected chi connectivity index (χ2v) is 4.95. The van der Waals surface area contributed by atoms with Crippen molar-refractivity contribution in [2.24, 2.45) is 0 Å². The molecule has 0 fully saturated rings. The van der Waals surface area contributed by atoms with Crippen molar-refractivity contribution in [2.45, 2.75) is 6.92 Å². The molecule has 0 aliphatic carbocycles. The molecule has 1 aromatic carbocycles. The Labute approximate surface area is 119 Å². The molecule has 0 radical (unpaired) electrons. The van der Waals surface area contributed by atoms with Crippen LogP contribution >= 0.6 is 12.2 Å². The molecule has 0 heterocycles. The first-order valence-electron chi connectivity index (χ1n) is 5.91. The zero-order valence-electron chi connectivity index (χ0n) is 11.5. The van der Waals surface area contributed by atoms with Crippen LogP contribution in [0.2, 0.25) is 0 Å². The summed E-state index contributed by atoms with van der Waals surface area (Å²) in [5.41, 5.74) is 2.50. The normalized spacial score (nSPS) is 9.63. The van der Waals surface area contributed by atoms with Gasteiger partial charge in [-0.1, -0.05) is 12.2 Å². The molecule has 19 heavy (non-hydrogen) atoms. The maximum atomic E-state index is 11.7. The van der Waals surface area contributed by atoms with Crippen molar-refractivity contribution in [1.29, 1.82) is 0 Å². The smallest absolute Gasteiger partial charge is 0.253 e. The summed E-state index contributed by atoms with van der Waals surface area (Å²) in [6.45, 7) is 6.36. The molecule has 0 aromatic heterocycles. The highest BCUT2D eigenvalue weighted by atomic mass is 32.1. The van der Waals surface area contributed by atoms with Gasteiger partial charge in [-0.25, -0.2) is 0 Å². The van der Waals surface area contributed by atoms with Gasteiger partial charge < -0.3 is 15.5 Å². The van der Waals surface area contributed by atoms with E-state index in [-0.39, 0.29) is 5.91 Å². The molecule has 1 rings (SSSR count). The van der Waals surface area contributed by atoms with Gasteiger partial charge in [-0.2, -0.15) is 0 Å². The highest BCUT2D eigenvalue weighted by molar-refractivity contribution is 7.80. The van der Waals surface area contributed by atoms with Crippen molar-refractivity contribution < 1.29 is 4.79 Å². The molecule has 0 atom stereocenters. The molecule has 0 aliphatic rings. The summed E-state index contributed by atoms with van der Waals surface area (Å²) >= 11 is 5.14. The number of anilines is 1. The molecule has 102 valence electrons. The Morgan fingerprint density at radius 1 is 1.32 bits per heavy atom. The number of thiocarbonyl (C=S) groups is 1. The second-order valence-electron chi connectivity index (χ2n) is 4.54. The van der Waals surface area contributed by atoms with Crippen molar-refractivity contribution in [2.75, 3.05) is 26.0 Å². The molecule has 0 saturated carbocycles. The number of carbonyl (C=O) groups is 1. The van der Waals surface area contributed by atoms with E-state index in [4.69, 9.17) is 12.2 Å². The average Bonchev–Trinajstić information content (AvgIpc) is 2.36. The van der Waals surface area contributed by atoms with Crippen LogP contribution in [0.1, 0.15) is 17.3 Å². The van der Waals surface area contributed by atoms with Gasteiger partial charge in [-0.3, -0.25) is 4.79 Å². The molecular weight excluding hydrogens is 258 g/mol. The zero-order valence-corrected chi connectivity index (χ0v) is 12.3. The molecule has 0 saturated heterocycles. The Hall–Kier alpha value is -1.88. The highest BCUT2D eigenvalue weighted by Crippen LogP contribution is 2.10. The third-order valence-electron chi connectivity index (χ3n) is 2.35. The molecular formula is C14H19N3OS. The summed E-state index contributed by atoms with van der Waals surface area (Å²) in [6.07, 6.45) is 0. The summed E-state index contributed by atoms with van der Waals surface area (Å²) in [5, 5.41) is 6.62. The monoisotopic (exact) mass is 277 g/mol. The van der Waals surface area contributed by atoms with E-state index in [1.54, 1.807) is 31.1 Å². The van der Waals surface area contributed by atoms with Crippen LogP contribution in [0.3, 0.4) is 0 Å². The molecule has 2 N–H and O–H groups in total. The van der Waals surface area contributed by atoms with Gasteiger partial charge in [-0.15, -0.1) is 0 Å². The third-order valence-corrected chi connectivity index (χ3v) is 2.59. The van der Waals surface area contributed by atoms with Gasteiger partial charge in [0, 0.05) is 31.9 Å². The minimum atomic E-state index is -0.0190. The fraction of sp³-hybridized carbons (Fsp3) is 0.286. The summed E-state index contributed by atoms with van der Waals surface area (Å²) in [5.74, 6) is -0.0190. The van der Waals surface area contributed by atoms with Gasteiger partial charge >= 0.3 is 0 Å². The van der Waals surface area contributed by atoms with E-state index in [1.807, 2.05) is 19.1 Å². The fourth-order valence-electron chi connectivity index (χ4n) is 1.36. The molecule has 0 unspecified atom stereocenters. The Balaban J connectivity index is 2.59. The summed E-state index contributed by atoms with van der Waals surface area (Å²) in [4.78, 5) is 13.3. The molecule has 0 aliphatic heterocycles. The van der Waals surface area contributed by atoms with Gasteiger partial charge in [0.05, 0.1) is 0 Å². The quantitative estimate of drug-likeness (QED) is 0.654. The van der Waals surface area contributed by atoms with E-state index in [2.05, 4.69) is 17.2 Å². The predicted molar refractivity (Wildman–Crippen MR) is 83.5 cm³/mol. The standard InChI is InChI=1S/C14H19N3OS/c1-10(2)9-15-14(19)16-12-7-5-11(6-8-12)13(18)17(3)4/h5-8H,1,9H2,2-4H3,(H2,15,16,19). The number of nitrogens with zero attached hydrogens (tertiary/aromatic N) is 1. The number of hydrogen-bond acceptors (Lipinski definition) is 2. The van der Waals surface area contributed by atoms with E-state index in [9.17, 15) is 4.79 Å². The zero-order chi connectivity index (χ0) is 14.4. The van der Waals surface area contributed by atoms with Crippen molar-refractivity contribution in [3.05, 3.63) is 42.0 Å². The lowest BCUT2D eigenvalue weighted by molar-refractivity contribution is 0.0827. The van der Waals surface area contributed by atoms with Gasteiger partial charge in [0.15, 0.2) is 5.11 Å². The minimum Gasteiger partial charge on any atom is -0.359 e. The summed E-state index contributed by atoms with van der Waals surface area (Å²) in [6, 6.07) is 7.19.